The number of ether oxygens (including phenoxy) is 1. The molecule has 2 heterocycles. The highest BCUT2D eigenvalue weighted by Crippen LogP contribution is 2.27. The summed E-state index contributed by atoms with van der Waals surface area (Å²) in [6.07, 6.45) is 1.09. The van der Waals surface area contributed by atoms with Crippen LogP contribution in [0.15, 0.2) is 12.1 Å². The van der Waals surface area contributed by atoms with Crippen LogP contribution in [-0.4, -0.2) is 18.2 Å². The van der Waals surface area contributed by atoms with E-state index in [1.165, 1.54) is 5.56 Å². The van der Waals surface area contributed by atoms with E-state index < -0.39 is 0 Å². The van der Waals surface area contributed by atoms with E-state index in [1.807, 2.05) is 13.0 Å². The zero-order chi connectivity index (χ0) is 9.97. The standard InChI is InChI=1S/C11H16N2O/c1-8-2-3-10(11(6-12)13-8)9-4-5-14-7-9/h2-3,9H,4-7,12H2,1H3/t9-/m0/s1. The molecule has 0 aromatic carbocycles. The van der Waals surface area contributed by atoms with E-state index >= 15 is 0 Å². The lowest BCUT2D eigenvalue weighted by Gasteiger charge is -2.12. The highest BCUT2D eigenvalue weighted by molar-refractivity contribution is 5.27. The summed E-state index contributed by atoms with van der Waals surface area (Å²) >= 11 is 0. The summed E-state index contributed by atoms with van der Waals surface area (Å²) in [5.74, 6) is 0.502. The molecule has 0 aliphatic carbocycles. The summed E-state index contributed by atoms with van der Waals surface area (Å²) < 4.78 is 5.37. The summed E-state index contributed by atoms with van der Waals surface area (Å²) in [7, 11) is 0. The van der Waals surface area contributed by atoms with Crippen LogP contribution < -0.4 is 5.73 Å². The fourth-order valence-electron chi connectivity index (χ4n) is 1.94. The van der Waals surface area contributed by atoms with Crippen LogP contribution in [0, 0.1) is 6.92 Å². The van der Waals surface area contributed by atoms with Gasteiger partial charge in [0, 0.05) is 24.8 Å². The Morgan fingerprint density at radius 3 is 3.07 bits per heavy atom. The fraction of sp³-hybridized carbons (Fsp3) is 0.545. The minimum absolute atomic E-state index is 0.502. The van der Waals surface area contributed by atoms with Crippen LogP contribution in [0.1, 0.15) is 29.3 Å². The zero-order valence-electron chi connectivity index (χ0n) is 8.49. The van der Waals surface area contributed by atoms with Gasteiger partial charge in [0.25, 0.3) is 0 Å². The van der Waals surface area contributed by atoms with E-state index in [1.54, 1.807) is 0 Å². The summed E-state index contributed by atoms with van der Waals surface area (Å²) in [5.41, 5.74) is 9.02. The first-order valence-electron chi connectivity index (χ1n) is 5.05. The average molecular weight is 192 g/mol. The van der Waals surface area contributed by atoms with Gasteiger partial charge in [-0.05, 0) is 25.0 Å². The highest BCUT2D eigenvalue weighted by atomic mass is 16.5. The molecule has 0 saturated carbocycles. The molecule has 2 rings (SSSR count). The molecular formula is C11H16N2O. The molecule has 2 N–H and O–H groups in total. The van der Waals surface area contributed by atoms with Gasteiger partial charge in [0.05, 0.1) is 12.3 Å². The second-order valence-electron chi connectivity index (χ2n) is 3.75. The molecule has 0 radical (unpaired) electrons. The summed E-state index contributed by atoms with van der Waals surface area (Å²) in [4.78, 5) is 4.46. The first-order valence-corrected chi connectivity index (χ1v) is 5.05. The number of hydrogen-bond donors (Lipinski definition) is 1. The maximum Gasteiger partial charge on any atom is 0.0578 e. The van der Waals surface area contributed by atoms with Crippen molar-refractivity contribution in [1.82, 2.24) is 4.98 Å². The normalized spacial score (nSPS) is 21.4. The van der Waals surface area contributed by atoms with Crippen LogP contribution in [0.25, 0.3) is 0 Å². The van der Waals surface area contributed by atoms with E-state index in [0.717, 1.165) is 31.0 Å². The van der Waals surface area contributed by atoms with Gasteiger partial charge in [-0.1, -0.05) is 6.07 Å². The van der Waals surface area contributed by atoms with Crippen LogP contribution in [0.3, 0.4) is 0 Å². The molecule has 0 amide bonds. The minimum atomic E-state index is 0.502. The van der Waals surface area contributed by atoms with Crippen molar-refractivity contribution in [2.24, 2.45) is 5.73 Å². The Kier molecular flexibility index (Phi) is 2.79. The minimum Gasteiger partial charge on any atom is -0.381 e. The average Bonchev–Trinajstić information content (AvgIpc) is 2.70. The Bertz CT molecular complexity index is 319. The molecule has 3 heteroatoms. The lowest BCUT2D eigenvalue weighted by molar-refractivity contribution is 0.193. The first-order chi connectivity index (χ1) is 6.81. The van der Waals surface area contributed by atoms with E-state index in [0.29, 0.717) is 12.5 Å². The third-order valence-electron chi connectivity index (χ3n) is 2.71. The molecule has 76 valence electrons. The molecule has 0 bridgehead atoms. The van der Waals surface area contributed by atoms with Crippen molar-refractivity contribution in [3.8, 4) is 0 Å². The Balaban J connectivity index is 2.31. The Morgan fingerprint density at radius 1 is 1.57 bits per heavy atom. The lowest BCUT2D eigenvalue weighted by Crippen LogP contribution is -2.09. The summed E-state index contributed by atoms with van der Waals surface area (Å²) in [6, 6.07) is 4.19. The van der Waals surface area contributed by atoms with Gasteiger partial charge in [-0.25, -0.2) is 0 Å². The number of nitrogens with zero attached hydrogens (tertiary/aromatic N) is 1. The third-order valence-corrected chi connectivity index (χ3v) is 2.71. The van der Waals surface area contributed by atoms with Crippen LogP contribution in [-0.2, 0) is 11.3 Å². The number of aryl methyl sites for hydroxylation is 1. The molecule has 1 atom stereocenters. The van der Waals surface area contributed by atoms with Gasteiger partial charge in [0.2, 0.25) is 0 Å². The Labute approximate surface area is 84.3 Å². The fourth-order valence-corrected chi connectivity index (χ4v) is 1.94. The molecule has 14 heavy (non-hydrogen) atoms. The number of hydrogen-bond acceptors (Lipinski definition) is 3. The van der Waals surface area contributed by atoms with E-state index in [2.05, 4.69) is 11.1 Å². The molecule has 0 spiro atoms. The molecule has 1 fully saturated rings. The van der Waals surface area contributed by atoms with E-state index in [9.17, 15) is 0 Å². The van der Waals surface area contributed by atoms with Gasteiger partial charge < -0.3 is 10.5 Å². The number of pyridine rings is 1. The number of aromatic nitrogens is 1. The molecule has 1 saturated heterocycles. The Hall–Kier alpha value is -0.930. The van der Waals surface area contributed by atoms with Gasteiger partial charge in [-0.2, -0.15) is 0 Å². The predicted molar refractivity (Wildman–Crippen MR) is 55.0 cm³/mol. The van der Waals surface area contributed by atoms with Gasteiger partial charge >= 0.3 is 0 Å². The van der Waals surface area contributed by atoms with Crippen molar-refractivity contribution in [2.75, 3.05) is 13.2 Å². The second-order valence-corrected chi connectivity index (χ2v) is 3.75. The molecule has 1 aromatic heterocycles. The van der Waals surface area contributed by atoms with Gasteiger partial charge in [0.15, 0.2) is 0 Å². The quantitative estimate of drug-likeness (QED) is 0.769. The summed E-state index contributed by atoms with van der Waals surface area (Å²) in [6.45, 7) is 4.20. The Morgan fingerprint density at radius 2 is 2.43 bits per heavy atom. The summed E-state index contributed by atoms with van der Waals surface area (Å²) in [5, 5.41) is 0. The predicted octanol–water partition coefficient (Wildman–Crippen LogP) is 1.35. The smallest absolute Gasteiger partial charge is 0.0578 e. The van der Waals surface area contributed by atoms with Crippen LogP contribution in [0.5, 0.6) is 0 Å². The van der Waals surface area contributed by atoms with Crippen LogP contribution in [0.2, 0.25) is 0 Å². The van der Waals surface area contributed by atoms with Crippen molar-refractivity contribution in [2.45, 2.75) is 25.8 Å². The van der Waals surface area contributed by atoms with E-state index in [-0.39, 0.29) is 0 Å². The second kappa shape index (κ2) is 4.07. The maximum absolute atomic E-state index is 5.68. The molecule has 1 aliphatic heterocycles. The largest absolute Gasteiger partial charge is 0.381 e. The highest BCUT2D eigenvalue weighted by Gasteiger charge is 2.20. The van der Waals surface area contributed by atoms with Crippen molar-refractivity contribution in [1.29, 1.82) is 0 Å². The maximum atomic E-state index is 5.68. The van der Waals surface area contributed by atoms with Crippen molar-refractivity contribution in [3.05, 3.63) is 29.1 Å². The van der Waals surface area contributed by atoms with Crippen molar-refractivity contribution >= 4 is 0 Å². The third kappa shape index (κ3) is 1.79. The molecular weight excluding hydrogens is 176 g/mol. The molecule has 1 aromatic rings. The molecule has 1 aliphatic rings. The number of rotatable bonds is 2. The van der Waals surface area contributed by atoms with Gasteiger partial charge in [-0.3, -0.25) is 4.98 Å². The van der Waals surface area contributed by atoms with Crippen molar-refractivity contribution in [3.63, 3.8) is 0 Å². The topological polar surface area (TPSA) is 48.1 Å². The SMILES string of the molecule is Cc1ccc([C@H]2CCOC2)c(CN)n1. The van der Waals surface area contributed by atoms with Gasteiger partial charge in [-0.15, -0.1) is 0 Å². The van der Waals surface area contributed by atoms with Crippen LogP contribution in [0.4, 0.5) is 0 Å². The molecule has 3 nitrogen and oxygen atoms in total. The molecule has 0 unspecified atom stereocenters. The van der Waals surface area contributed by atoms with Crippen molar-refractivity contribution < 1.29 is 4.74 Å². The number of nitrogens with two attached hydrogens (primary N) is 1. The lowest BCUT2D eigenvalue weighted by atomic mass is 9.96. The van der Waals surface area contributed by atoms with Gasteiger partial charge in [0.1, 0.15) is 0 Å². The van der Waals surface area contributed by atoms with Crippen LogP contribution >= 0.6 is 0 Å². The van der Waals surface area contributed by atoms with E-state index in [4.69, 9.17) is 10.5 Å². The zero-order valence-corrected chi connectivity index (χ0v) is 8.49. The first kappa shape index (κ1) is 9.62. The monoisotopic (exact) mass is 192 g/mol.